The van der Waals surface area contributed by atoms with Crippen LogP contribution in [0.15, 0.2) is 18.2 Å². The zero-order valence-corrected chi connectivity index (χ0v) is 7.99. The number of hydrazine groups is 1. The van der Waals surface area contributed by atoms with Crippen molar-refractivity contribution in [2.75, 3.05) is 6.61 Å². The first-order valence-electron chi connectivity index (χ1n) is 4.78. The van der Waals surface area contributed by atoms with Crippen molar-refractivity contribution in [3.05, 3.63) is 29.3 Å². The number of fused-ring (bicyclic) bond motifs is 1. The van der Waals surface area contributed by atoms with E-state index in [1.807, 2.05) is 12.1 Å². The molecule has 1 heterocycles. The van der Waals surface area contributed by atoms with Crippen molar-refractivity contribution in [3.63, 3.8) is 0 Å². The van der Waals surface area contributed by atoms with Gasteiger partial charge in [-0.15, -0.1) is 0 Å². The molecule has 4 nitrogen and oxygen atoms in total. The maximum absolute atomic E-state index is 5.75. The Morgan fingerprint density at radius 3 is 3.07 bits per heavy atom. The summed E-state index contributed by atoms with van der Waals surface area (Å²) in [5.74, 6) is 6.25. The van der Waals surface area contributed by atoms with E-state index in [1.165, 1.54) is 5.56 Å². The van der Waals surface area contributed by atoms with Crippen molar-refractivity contribution in [2.45, 2.75) is 19.0 Å². The van der Waals surface area contributed by atoms with Gasteiger partial charge >= 0.3 is 0 Å². The summed E-state index contributed by atoms with van der Waals surface area (Å²) in [6.07, 6.45) is 1.82. The third-order valence-corrected chi connectivity index (χ3v) is 2.47. The molecule has 1 aliphatic rings. The van der Waals surface area contributed by atoms with Gasteiger partial charge in [0.2, 0.25) is 0 Å². The van der Waals surface area contributed by atoms with Crippen LogP contribution in [0.1, 0.15) is 23.7 Å². The van der Waals surface area contributed by atoms with Crippen LogP contribution >= 0.6 is 0 Å². The Bertz CT molecular complexity index is 327. The molecule has 0 saturated heterocycles. The second-order valence-corrected chi connectivity index (χ2v) is 3.46. The molecule has 0 aromatic heterocycles. The van der Waals surface area contributed by atoms with E-state index in [2.05, 4.69) is 11.5 Å². The summed E-state index contributed by atoms with van der Waals surface area (Å²) in [5, 5.41) is 0. The average Bonchev–Trinajstić information content (AvgIpc) is 2.27. The van der Waals surface area contributed by atoms with Crippen molar-refractivity contribution in [1.29, 1.82) is 0 Å². The Hall–Kier alpha value is -1.10. The molecule has 1 aromatic carbocycles. The van der Waals surface area contributed by atoms with Crippen LogP contribution in [-0.2, 0) is 6.42 Å². The van der Waals surface area contributed by atoms with Gasteiger partial charge in [0.15, 0.2) is 0 Å². The molecule has 0 fully saturated rings. The van der Waals surface area contributed by atoms with Gasteiger partial charge in [-0.1, -0.05) is 6.07 Å². The molecule has 5 N–H and O–H groups in total. The van der Waals surface area contributed by atoms with E-state index in [9.17, 15) is 0 Å². The first kappa shape index (κ1) is 9.45. The van der Waals surface area contributed by atoms with E-state index in [-0.39, 0.29) is 6.17 Å². The Labute approximate surface area is 83.2 Å². The molecule has 0 spiro atoms. The van der Waals surface area contributed by atoms with E-state index in [0.717, 1.165) is 30.8 Å². The van der Waals surface area contributed by atoms with Crippen LogP contribution in [0.5, 0.6) is 5.75 Å². The maximum atomic E-state index is 5.75. The highest BCUT2D eigenvalue weighted by Crippen LogP contribution is 2.26. The highest BCUT2D eigenvalue weighted by molar-refractivity contribution is 5.39. The van der Waals surface area contributed by atoms with Gasteiger partial charge in [-0.25, -0.2) is 5.43 Å². The number of aryl methyl sites for hydroxylation is 1. The zero-order valence-electron chi connectivity index (χ0n) is 7.99. The fourth-order valence-electron chi connectivity index (χ4n) is 1.67. The molecule has 14 heavy (non-hydrogen) atoms. The minimum absolute atomic E-state index is 0.303. The van der Waals surface area contributed by atoms with Crippen molar-refractivity contribution in [3.8, 4) is 5.75 Å². The third kappa shape index (κ3) is 1.72. The second kappa shape index (κ2) is 3.96. The molecule has 0 amide bonds. The lowest BCUT2D eigenvalue weighted by Gasteiger charge is -2.19. The molecule has 1 aromatic rings. The van der Waals surface area contributed by atoms with Crippen LogP contribution in [0.25, 0.3) is 0 Å². The van der Waals surface area contributed by atoms with E-state index >= 15 is 0 Å². The van der Waals surface area contributed by atoms with Crippen LogP contribution in [0.4, 0.5) is 0 Å². The van der Waals surface area contributed by atoms with E-state index in [1.54, 1.807) is 0 Å². The highest BCUT2D eigenvalue weighted by atomic mass is 16.5. The van der Waals surface area contributed by atoms with Crippen LogP contribution in [0.3, 0.4) is 0 Å². The predicted molar refractivity (Wildman–Crippen MR) is 54.5 cm³/mol. The summed E-state index contributed by atoms with van der Waals surface area (Å²) < 4.78 is 5.50. The fraction of sp³-hybridized carbons (Fsp3) is 0.400. The smallest absolute Gasteiger partial charge is 0.122 e. The molecule has 0 saturated carbocycles. The SMILES string of the molecule is NNC(N)c1ccc2c(c1)CCCO2. The number of hydrogen-bond donors (Lipinski definition) is 3. The topological polar surface area (TPSA) is 73.3 Å². The van der Waals surface area contributed by atoms with E-state index in [0.29, 0.717) is 0 Å². The maximum Gasteiger partial charge on any atom is 0.122 e. The molecular weight excluding hydrogens is 178 g/mol. The normalized spacial score (nSPS) is 17.0. The van der Waals surface area contributed by atoms with Gasteiger partial charge in [-0.3, -0.25) is 5.84 Å². The zero-order chi connectivity index (χ0) is 9.97. The molecule has 0 radical (unpaired) electrons. The fourth-order valence-corrected chi connectivity index (χ4v) is 1.67. The molecule has 1 aliphatic heterocycles. The number of nitrogens with two attached hydrogens (primary N) is 2. The average molecular weight is 193 g/mol. The van der Waals surface area contributed by atoms with E-state index < -0.39 is 0 Å². The second-order valence-electron chi connectivity index (χ2n) is 3.46. The van der Waals surface area contributed by atoms with Gasteiger partial charge in [0.25, 0.3) is 0 Å². The van der Waals surface area contributed by atoms with Gasteiger partial charge in [-0.2, -0.15) is 0 Å². The molecular formula is C10H15N3O. The standard InChI is InChI=1S/C10H15N3O/c11-10(13-12)8-3-4-9-7(6-8)2-1-5-14-9/h3-4,6,10,13H,1-2,5,11-12H2. The first-order chi connectivity index (χ1) is 6.81. The lowest BCUT2D eigenvalue weighted by atomic mass is 10.0. The molecule has 76 valence electrons. The Morgan fingerprint density at radius 2 is 2.29 bits per heavy atom. The summed E-state index contributed by atoms with van der Waals surface area (Å²) >= 11 is 0. The van der Waals surface area contributed by atoms with Gasteiger partial charge < -0.3 is 10.5 Å². The largest absolute Gasteiger partial charge is 0.493 e. The summed E-state index contributed by atoms with van der Waals surface area (Å²) in [7, 11) is 0. The van der Waals surface area contributed by atoms with Gasteiger partial charge in [0, 0.05) is 0 Å². The van der Waals surface area contributed by atoms with Crippen molar-refractivity contribution in [1.82, 2.24) is 5.43 Å². The van der Waals surface area contributed by atoms with Crippen LogP contribution < -0.4 is 21.7 Å². The van der Waals surface area contributed by atoms with Crippen LogP contribution in [-0.4, -0.2) is 6.61 Å². The summed E-state index contributed by atoms with van der Waals surface area (Å²) in [5.41, 5.74) is 10.5. The van der Waals surface area contributed by atoms with E-state index in [4.69, 9.17) is 16.3 Å². The first-order valence-corrected chi connectivity index (χ1v) is 4.78. The van der Waals surface area contributed by atoms with Crippen LogP contribution in [0, 0.1) is 0 Å². The van der Waals surface area contributed by atoms with Gasteiger partial charge in [-0.05, 0) is 36.1 Å². The minimum atomic E-state index is -0.303. The Kier molecular flexibility index (Phi) is 2.67. The molecule has 0 bridgehead atoms. The predicted octanol–water partition coefficient (Wildman–Crippen LogP) is 0.432. The number of ether oxygens (including phenoxy) is 1. The lowest BCUT2D eigenvalue weighted by molar-refractivity contribution is 0.288. The number of nitrogens with one attached hydrogen (secondary N) is 1. The van der Waals surface area contributed by atoms with Crippen molar-refractivity contribution in [2.24, 2.45) is 11.6 Å². The summed E-state index contributed by atoms with van der Waals surface area (Å²) in [4.78, 5) is 0. The molecule has 4 heteroatoms. The lowest BCUT2D eigenvalue weighted by Crippen LogP contribution is -2.34. The number of benzene rings is 1. The summed E-state index contributed by atoms with van der Waals surface area (Å²) in [6.45, 7) is 0.813. The molecule has 1 unspecified atom stereocenters. The monoisotopic (exact) mass is 193 g/mol. The van der Waals surface area contributed by atoms with Gasteiger partial charge in [0.1, 0.15) is 5.75 Å². The number of rotatable bonds is 2. The number of hydrogen-bond acceptors (Lipinski definition) is 4. The van der Waals surface area contributed by atoms with Crippen molar-refractivity contribution >= 4 is 0 Å². The molecule has 0 aliphatic carbocycles. The quantitative estimate of drug-likeness (QED) is 0.362. The summed E-state index contributed by atoms with van der Waals surface area (Å²) in [6, 6.07) is 5.95. The Morgan fingerprint density at radius 1 is 1.43 bits per heavy atom. The Balaban J connectivity index is 2.29. The molecule has 2 rings (SSSR count). The highest BCUT2D eigenvalue weighted by Gasteiger charge is 2.12. The minimum Gasteiger partial charge on any atom is -0.493 e. The van der Waals surface area contributed by atoms with Crippen LogP contribution in [0.2, 0.25) is 0 Å². The van der Waals surface area contributed by atoms with Crippen molar-refractivity contribution < 1.29 is 4.74 Å². The van der Waals surface area contributed by atoms with Gasteiger partial charge in [0.05, 0.1) is 12.8 Å². The third-order valence-electron chi connectivity index (χ3n) is 2.47. The molecule has 1 atom stereocenters.